The second-order valence-corrected chi connectivity index (χ2v) is 5.14. The van der Waals surface area contributed by atoms with E-state index in [1.807, 2.05) is 0 Å². The summed E-state index contributed by atoms with van der Waals surface area (Å²) in [6, 6.07) is 0. The molecule has 0 saturated heterocycles. The summed E-state index contributed by atoms with van der Waals surface area (Å²) in [4.78, 5) is 2.29. The van der Waals surface area contributed by atoms with Gasteiger partial charge in [0.15, 0.2) is 0 Å². The van der Waals surface area contributed by atoms with Gasteiger partial charge in [-0.15, -0.1) is 4.83 Å². The van der Waals surface area contributed by atoms with Crippen molar-refractivity contribution in [2.24, 2.45) is 5.73 Å². The molecule has 0 amide bonds. The molecule has 0 aliphatic carbocycles. The lowest BCUT2D eigenvalue weighted by Crippen LogP contribution is -2.46. The molecule has 0 aliphatic rings. The fourth-order valence-electron chi connectivity index (χ4n) is 0.892. The van der Waals surface area contributed by atoms with Crippen LogP contribution in [0.4, 0.5) is 0 Å². The van der Waals surface area contributed by atoms with Gasteiger partial charge in [-0.2, -0.15) is 0 Å². The smallest absolute Gasteiger partial charge is 0.233 e. The molecular formula is C6H15N3O2S2. The Hall–Kier alpha value is -0.240. The first-order valence-corrected chi connectivity index (χ1v) is 5.74. The maximum absolute atomic E-state index is 11.5. The minimum absolute atomic E-state index is 0.00292. The Morgan fingerprint density at radius 2 is 2.08 bits per heavy atom. The maximum Gasteiger partial charge on any atom is 0.233 e. The van der Waals surface area contributed by atoms with E-state index < -0.39 is 15.3 Å². The minimum Gasteiger partial charge on any atom is -0.392 e. The molecule has 3 N–H and O–H groups in total. The van der Waals surface area contributed by atoms with Crippen molar-refractivity contribution in [3.8, 4) is 0 Å². The molecule has 1 atom stereocenters. The van der Waals surface area contributed by atoms with Gasteiger partial charge in [-0.1, -0.05) is 19.1 Å². The number of nitrogens with two attached hydrogens (primary N) is 1. The van der Waals surface area contributed by atoms with Crippen LogP contribution in [0.15, 0.2) is 0 Å². The van der Waals surface area contributed by atoms with Crippen LogP contribution in [0.2, 0.25) is 0 Å². The second-order valence-electron chi connectivity index (χ2n) is 2.83. The number of rotatable bonds is 5. The zero-order chi connectivity index (χ0) is 10.6. The number of nitrogens with zero attached hydrogens (tertiary/aromatic N) is 1. The molecule has 0 spiro atoms. The van der Waals surface area contributed by atoms with Crippen LogP contribution in [0.5, 0.6) is 0 Å². The van der Waals surface area contributed by atoms with E-state index in [1.54, 1.807) is 21.0 Å². The number of nitrogens with one attached hydrogen (secondary N) is 1. The molecule has 78 valence electrons. The Morgan fingerprint density at radius 3 is 2.31 bits per heavy atom. The minimum atomic E-state index is -3.46. The first-order chi connectivity index (χ1) is 5.81. The fourth-order valence-corrected chi connectivity index (χ4v) is 2.82. The molecular weight excluding hydrogens is 210 g/mol. The van der Waals surface area contributed by atoms with E-state index >= 15 is 0 Å². The first kappa shape index (κ1) is 12.8. The molecule has 13 heavy (non-hydrogen) atoms. The Bertz CT molecular complexity index is 274. The Labute approximate surface area is 84.3 Å². The van der Waals surface area contributed by atoms with E-state index in [0.717, 1.165) is 0 Å². The Balaban J connectivity index is 4.69. The van der Waals surface area contributed by atoms with Crippen molar-refractivity contribution in [1.82, 2.24) is 9.84 Å². The number of sulfonamides is 1. The van der Waals surface area contributed by atoms with Crippen molar-refractivity contribution in [3.63, 3.8) is 0 Å². The predicted molar refractivity (Wildman–Crippen MR) is 56.6 cm³/mol. The van der Waals surface area contributed by atoms with E-state index in [2.05, 4.69) is 17.0 Å². The standard InChI is InChI=1S/C6H15N3O2S2/c1-4-5(6(7)12)13(10,11)8-9(2)3/h5,8H,4H2,1-3H3,(H2,7,12). The normalized spacial score (nSPS) is 14.5. The lowest BCUT2D eigenvalue weighted by Gasteiger charge is -2.18. The lowest BCUT2D eigenvalue weighted by atomic mass is 10.3. The highest BCUT2D eigenvalue weighted by atomic mass is 32.2. The van der Waals surface area contributed by atoms with Crippen LogP contribution >= 0.6 is 12.2 Å². The van der Waals surface area contributed by atoms with Crippen LogP contribution < -0.4 is 10.6 Å². The average Bonchev–Trinajstić information content (AvgIpc) is 1.82. The van der Waals surface area contributed by atoms with Gasteiger partial charge in [0.05, 0.1) is 4.99 Å². The summed E-state index contributed by atoms with van der Waals surface area (Å²) in [5.74, 6) is 0. The van der Waals surface area contributed by atoms with Gasteiger partial charge >= 0.3 is 0 Å². The molecule has 5 nitrogen and oxygen atoms in total. The summed E-state index contributed by atoms with van der Waals surface area (Å²) in [7, 11) is -0.287. The van der Waals surface area contributed by atoms with Gasteiger partial charge in [0.25, 0.3) is 0 Å². The molecule has 0 fully saturated rings. The largest absolute Gasteiger partial charge is 0.392 e. The van der Waals surface area contributed by atoms with E-state index in [1.165, 1.54) is 5.01 Å². The van der Waals surface area contributed by atoms with Gasteiger partial charge in [-0.25, -0.2) is 13.4 Å². The number of hydrogen-bond donors (Lipinski definition) is 2. The van der Waals surface area contributed by atoms with Gasteiger partial charge in [-0.05, 0) is 6.42 Å². The second kappa shape index (κ2) is 4.85. The monoisotopic (exact) mass is 225 g/mol. The summed E-state index contributed by atoms with van der Waals surface area (Å²) < 4.78 is 23.0. The zero-order valence-electron chi connectivity index (χ0n) is 7.94. The maximum atomic E-state index is 11.5. The summed E-state index contributed by atoms with van der Waals surface area (Å²) in [6.07, 6.45) is 0.374. The van der Waals surface area contributed by atoms with Crippen LogP contribution in [0.3, 0.4) is 0 Å². The molecule has 0 aromatic rings. The van der Waals surface area contributed by atoms with E-state index in [4.69, 9.17) is 5.73 Å². The predicted octanol–water partition coefficient (Wildman–Crippen LogP) is -0.553. The average molecular weight is 225 g/mol. The summed E-state index contributed by atoms with van der Waals surface area (Å²) in [6.45, 7) is 1.72. The molecule has 0 heterocycles. The number of thiocarbonyl (C=S) groups is 1. The van der Waals surface area contributed by atoms with Crippen molar-refractivity contribution >= 4 is 27.2 Å². The van der Waals surface area contributed by atoms with Gasteiger partial charge in [0, 0.05) is 14.1 Å². The lowest BCUT2D eigenvalue weighted by molar-refractivity contribution is 0.362. The summed E-state index contributed by atoms with van der Waals surface area (Å²) in [5, 5.41) is 0.542. The first-order valence-electron chi connectivity index (χ1n) is 3.79. The molecule has 0 bridgehead atoms. The highest BCUT2D eigenvalue weighted by Crippen LogP contribution is 2.04. The summed E-state index contributed by atoms with van der Waals surface area (Å²) >= 11 is 4.66. The van der Waals surface area contributed by atoms with Crippen molar-refractivity contribution in [2.45, 2.75) is 18.6 Å². The van der Waals surface area contributed by atoms with Gasteiger partial charge in [-0.3, -0.25) is 0 Å². The topological polar surface area (TPSA) is 75.4 Å². The van der Waals surface area contributed by atoms with Crippen molar-refractivity contribution < 1.29 is 8.42 Å². The van der Waals surface area contributed by atoms with E-state index in [0.29, 0.717) is 6.42 Å². The van der Waals surface area contributed by atoms with Crippen LogP contribution in [-0.4, -0.2) is 37.8 Å². The highest BCUT2D eigenvalue weighted by molar-refractivity contribution is 7.93. The van der Waals surface area contributed by atoms with Crippen LogP contribution in [0.1, 0.15) is 13.3 Å². The van der Waals surface area contributed by atoms with Crippen LogP contribution in [0.25, 0.3) is 0 Å². The third-order valence-electron chi connectivity index (χ3n) is 1.37. The molecule has 0 saturated carbocycles. The molecule has 0 radical (unpaired) electrons. The summed E-state index contributed by atoms with van der Waals surface area (Å²) in [5.41, 5.74) is 5.30. The Kier molecular flexibility index (Phi) is 4.76. The third-order valence-corrected chi connectivity index (χ3v) is 3.76. The highest BCUT2D eigenvalue weighted by Gasteiger charge is 2.26. The van der Waals surface area contributed by atoms with Crippen LogP contribution in [0, 0.1) is 0 Å². The number of hydrazine groups is 1. The zero-order valence-corrected chi connectivity index (χ0v) is 9.58. The van der Waals surface area contributed by atoms with E-state index in [9.17, 15) is 8.42 Å². The molecule has 0 rings (SSSR count). The fraction of sp³-hybridized carbons (Fsp3) is 0.833. The SMILES string of the molecule is CCC(C(N)=S)S(=O)(=O)NN(C)C. The molecule has 1 unspecified atom stereocenters. The van der Waals surface area contributed by atoms with Gasteiger partial charge in [0.2, 0.25) is 10.0 Å². The van der Waals surface area contributed by atoms with Crippen molar-refractivity contribution in [1.29, 1.82) is 0 Å². The third kappa shape index (κ3) is 3.99. The van der Waals surface area contributed by atoms with Crippen molar-refractivity contribution in [3.05, 3.63) is 0 Å². The quantitative estimate of drug-likeness (QED) is 0.485. The van der Waals surface area contributed by atoms with Gasteiger partial charge < -0.3 is 5.73 Å². The van der Waals surface area contributed by atoms with Gasteiger partial charge in [0.1, 0.15) is 5.25 Å². The van der Waals surface area contributed by atoms with Crippen molar-refractivity contribution in [2.75, 3.05) is 14.1 Å². The Morgan fingerprint density at radius 1 is 1.62 bits per heavy atom. The molecule has 0 aliphatic heterocycles. The van der Waals surface area contributed by atoms with E-state index in [-0.39, 0.29) is 4.99 Å². The molecule has 7 heteroatoms. The molecule has 0 aromatic carbocycles. The number of hydrogen-bond acceptors (Lipinski definition) is 4. The van der Waals surface area contributed by atoms with Crippen LogP contribution in [-0.2, 0) is 10.0 Å². The molecule has 0 aromatic heterocycles.